The summed E-state index contributed by atoms with van der Waals surface area (Å²) in [5.41, 5.74) is 3.51. The summed E-state index contributed by atoms with van der Waals surface area (Å²) in [4.78, 5) is 35.1. The SMILES string of the molecule is CCCN1CCC2(CCN(C(=O)c3c4c(nc5onc(C)c35)CCC4)C2)C1=O. The molecule has 7 heteroatoms. The Morgan fingerprint density at radius 3 is 2.89 bits per heavy atom. The molecule has 0 saturated carbocycles. The van der Waals surface area contributed by atoms with E-state index >= 15 is 0 Å². The van der Waals surface area contributed by atoms with Crippen LogP contribution in [0.25, 0.3) is 11.1 Å². The largest absolute Gasteiger partial charge is 0.342 e. The first-order valence-electron chi connectivity index (χ1n) is 10.4. The Morgan fingerprint density at radius 1 is 1.25 bits per heavy atom. The van der Waals surface area contributed by atoms with E-state index in [1.807, 2.05) is 16.7 Å². The van der Waals surface area contributed by atoms with E-state index in [0.29, 0.717) is 30.1 Å². The summed E-state index contributed by atoms with van der Waals surface area (Å²) in [6, 6.07) is 0. The third kappa shape index (κ3) is 2.41. The highest BCUT2D eigenvalue weighted by Gasteiger charge is 2.51. The van der Waals surface area contributed by atoms with Gasteiger partial charge in [-0.15, -0.1) is 0 Å². The van der Waals surface area contributed by atoms with E-state index in [1.54, 1.807) is 0 Å². The number of rotatable bonds is 3. The number of carbonyl (C=O) groups excluding carboxylic acids is 2. The van der Waals surface area contributed by atoms with Crippen LogP contribution < -0.4 is 0 Å². The van der Waals surface area contributed by atoms with Crippen molar-refractivity contribution in [1.82, 2.24) is 19.9 Å². The van der Waals surface area contributed by atoms with Gasteiger partial charge in [0, 0.05) is 31.9 Å². The maximum atomic E-state index is 13.6. The van der Waals surface area contributed by atoms with Crippen molar-refractivity contribution in [3.05, 3.63) is 22.5 Å². The summed E-state index contributed by atoms with van der Waals surface area (Å²) in [5, 5.41) is 4.80. The van der Waals surface area contributed by atoms with Crippen LogP contribution in [0.4, 0.5) is 0 Å². The first-order valence-corrected chi connectivity index (χ1v) is 10.4. The van der Waals surface area contributed by atoms with Gasteiger partial charge in [-0.05, 0) is 51.0 Å². The van der Waals surface area contributed by atoms with E-state index in [-0.39, 0.29) is 17.2 Å². The first-order chi connectivity index (χ1) is 13.5. The van der Waals surface area contributed by atoms with Crippen LogP contribution in [0.15, 0.2) is 4.52 Å². The molecule has 2 aromatic heterocycles. The second-order valence-electron chi connectivity index (χ2n) is 8.51. The van der Waals surface area contributed by atoms with E-state index in [2.05, 4.69) is 17.1 Å². The number of amides is 2. The lowest BCUT2D eigenvalue weighted by molar-refractivity contribution is -0.135. The fraction of sp³-hybridized carbons (Fsp3) is 0.619. The molecule has 1 aliphatic carbocycles. The summed E-state index contributed by atoms with van der Waals surface area (Å²) >= 11 is 0. The molecular weight excluding hydrogens is 356 g/mol. The lowest BCUT2D eigenvalue weighted by Gasteiger charge is -2.24. The minimum absolute atomic E-state index is 0.00969. The Morgan fingerprint density at radius 2 is 2.07 bits per heavy atom. The number of nitrogens with zero attached hydrogens (tertiary/aromatic N) is 4. The topological polar surface area (TPSA) is 79.5 Å². The second kappa shape index (κ2) is 6.29. The minimum Gasteiger partial charge on any atom is -0.342 e. The molecular formula is C21H26N4O3. The number of hydrogen-bond acceptors (Lipinski definition) is 5. The van der Waals surface area contributed by atoms with Gasteiger partial charge in [0.25, 0.3) is 11.6 Å². The van der Waals surface area contributed by atoms with Crippen molar-refractivity contribution in [1.29, 1.82) is 0 Å². The van der Waals surface area contributed by atoms with Crippen LogP contribution >= 0.6 is 0 Å². The molecule has 1 spiro atoms. The van der Waals surface area contributed by atoms with E-state index in [4.69, 9.17) is 4.52 Å². The number of likely N-dealkylation sites (tertiary alicyclic amines) is 2. The molecule has 2 fully saturated rings. The van der Waals surface area contributed by atoms with Crippen LogP contribution in [-0.4, -0.2) is 57.9 Å². The van der Waals surface area contributed by atoms with E-state index in [0.717, 1.165) is 68.3 Å². The van der Waals surface area contributed by atoms with Crippen LogP contribution in [0.2, 0.25) is 0 Å². The molecule has 2 aliphatic heterocycles. The summed E-state index contributed by atoms with van der Waals surface area (Å²) in [7, 11) is 0. The Labute approximate surface area is 164 Å². The molecule has 1 unspecified atom stereocenters. The standard InChI is InChI=1S/C21H26N4O3/c1-3-9-24-10-7-21(20(24)27)8-11-25(12-21)19(26)17-14-5-4-6-15(14)22-18-16(17)13(2)23-28-18/h3-12H2,1-2H3. The van der Waals surface area contributed by atoms with Gasteiger partial charge in [0.1, 0.15) is 0 Å². The molecule has 1 atom stereocenters. The monoisotopic (exact) mass is 382 g/mol. The van der Waals surface area contributed by atoms with Crippen LogP contribution in [0.3, 0.4) is 0 Å². The van der Waals surface area contributed by atoms with Gasteiger partial charge >= 0.3 is 0 Å². The predicted molar refractivity (Wildman–Crippen MR) is 103 cm³/mol. The number of pyridine rings is 1. The molecule has 0 N–H and O–H groups in total. The van der Waals surface area contributed by atoms with Gasteiger partial charge < -0.3 is 14.3 Å². The molecule has 5 rings (SSSR count). The van der Waals surface area contributed by atoms with E-state index < -0.39 is 0 Å². The molecule has 0 radical (unpaired) electrons. The Balaban J connectivity index is 1.49. The highest BCUT2D eigenvalue weighted by atomic mass is 16.5. The first kappa shape index (κ1) is 17.6. The highest BCUT2D eigenvalue weighted by molar-refractivity contribution is 6.08. The van der Waals surface area contributed by atoms with Crippen molar-refractivity contribution in [2.75, 3.05) is 26.2 Å². The average Bonchev–Trinajstić information content (AvgIpc) is 3.46. The molecule has 7 nitrogen and oxygen atoms in total. The zero-order chi connectivity index (χ0) is 19.5. The van der Waals surface area contributed by atoms with Crippen LogP contribution in [0.5, 0.6) is 0 Å². The number of fused-ring (bicyclic) bond motifs is 2. The van der Waals surface area contributed by atoms with Gasteiger partial charge in [-0.25, -0.2) is 4.98 Å². The van der Waals surface area contributed by atoms with Crippen LogP contribution in [-0.2, 0) is 17.6 Å². The van der Waals surface area contributed by atoms with Crippen molar-refractivity contribution in [2.45, 2.75) is 52.4 Å². The van der Waals surface area contributed by atoms with Gasteiger partial charge in [0.05, 0.1) is 22.1 Å². The van der Waals surface area contributed by atoms with Crippen molar-refractivity contribution in [2.24, 2.45) is 5.41 Å². The zero-order valence-electron chi connectivity index (χ0n) is 16.6. The lowest BCUT2D eigenvalue weighted by atomic mass is 9.85. The summed E-state index contributed by atoms with van der Waals surface area (Å²) in [6.45, 7) is 6.74. The summed E-state index contributed by atoms with van der Waals surface area (Å²) in [5.74, 6) is 0.242. The molecule has 0 aromatic carbocycles. The van der Waals surface area contributed by atoms with Gasteiger partial charge in [0.2, 0.25) is 5.91 Å². The van der Waals surface area contributed by atoms with Crippen molar-refractivity contribution < 1.29 is 14.1 Å². The fourth-order valence-electron chi connectivity index (χ4n) is 5.31. The molecule has 4 heterocycles. The van der Waals surface area contributed by atoms with Gasteiger partial charge in [-0.2, -0.15) is 0 Å². The number of carbonyl (C=O) groups is 2. The molecule has 2 saturated heterocycles. The lowest BCUT2D eigenvalue weighted by Crippen LogP contribution is -2.38. The normalized spacial score (nSPS) is 24.1. The Kier molecular flexibility index (Phi) is 3.96. The number of aryl methyl sites for hydroxylation is 2. The van der Waals surface area contributed by atoms with Crippen molar-refractivity contribution in [3.63, 3.8) is 0 Å². The van der Waals surface area contributed by atoms with Crippen LogP contribution in [0.1, 0.15) is 59.9 Å². The average molecular weight is 382 g/mol. The molecule has 3 aliphatic rings. The maximum Gasteiger partial charge on any atom is 0.259 e. The van der Waals surface area contributed by atoms with Gasteiger partial charge in [-0.3, -0.25) is 9.59 Å². The smallest absolute Gasteiger partial charge is 0.259 e. The zero-order valence-corrected chi connectivity index (χ0v) is 16.6. The minimum atomic E-state index is -0.385. The summed E-state index contributed by atoms with van der Waals surface area (Å²) in [6.07, 6.45) is 5.34. The third-order valence-electron chi connectivity index (χ3n) is 6.77. The third-order valence-corrected chi connectivity index (χ3v) is 6.77. The highest BCUT2D eigenvalue weighted by Crippen LogP contribution is 2.42. The second-order valence-corrected chi connectivity index (χ2v) is 8.51. The van der Waals surface area contributed by atoms with Crippen molar-refractivity contribution in [3.8, 4) is 0 Å². The maximum absolute atomic E-state index is 13.6. The van der Waals surface area contributed by atoms with Crippen LogP contribution in [0, 0.1) is 12.3 Å². The fourth-order valence-corrected chi connectivity index (χ4v) is 5.31. The Bertz CT molecular complexity index is 982. The summed E-state index contributed by atoms with van der Waals surface area (Å²) < 4.78 is 5.39. The van der Waals surface area contributed by atoms with E-state index in [9.17, 15) is 9.59 Å². The molecule has 148 valence electrons. The quantitative estimate of drug-likeness (QED) is 0.815. The molecule has 28 heavy (non-hydrogen) atoms. The van der Waals surface area contributed by atoms with E-state index in [1.165, 1.54) is 0 Å². The number of aromatic nitrogens is 2. The molecule has 0 bridgehead atoms. The van der Waals surface area contributed by atoms with Gasteiger partial charge in [-0.1, -0.05) is 12.1 Å². The van der Waals surface area contributed by atoms with Gasteiger partial charge in [0.15, 0.2) is 0 Å². The Hall–Kier alpha value is -2.44. The predicted octanol–water partition coefficient (Wildman–Crippen LogP) is 2.49. The number of hydrogen-bond donors (Lipinski definition) is 0. The molecule has 2 amide bonds. The van der Waals surface area contributed by atoms with Crippen molar-refractivity contribution >= 4 is 22.9 Å². The molecule has 2 aromatic rings.